The summed E-state index contributed by atoms with van der Waals surface area (Å²) in [5.74, 6) is -0.134. The maximum atomic E-state index is 12.8. The molecule has 0 radical (unpaired) electrons. The number of fused-ring (bicyclic) bond motifs is 1. The summed E-state index contributed by atoms with van der Waals surface area (Å²) in [4.78, 5) is 45.5. The van der Waals surface area contributed by atoms with Crippen molar-refractivity contribution in [1.29, 1.82) is 0 Å². The van der Waals surface area contributed by atoms with Gasteiger partial charge in [0.25, 0.3) is 0 Å². The van der Waals surface area contributed by atoms with Crippen LogP contribution in [0.5, 0.6) is 0 Å². The van der Waals surface area contributed by atoms with Crippen molar-refractivity contribution in [2.75, 3.05) is 11.1 Å². The summed E-state index contributed by atoms with van der Waals surface area (Å²) in [5, 5.41) is 3.45. The van der Waals surface area contributed by atoms with E-state index in [9.17, 15) is 14.4 Å². The predicted molar refractivity (Wildman–Crippen MR) is 124 cm³/mol. The predicted octanol–water partition coefficient (Wildman–Crippen LogP) is 3.50. The molecule has 7 nitrogen and oxygen atoms in total. The average Bonchev–Trinajstić information content (AvgIpc) is 2.80. The number of Topliss-reactive ketones (excluding diaryl/α,β-unsaturated/α-hetero) is 1. The van der Waals surface area contributed by atoms with Crippen LogP contribution in [0.4, 0.5) is 5.69 Å². The largest absolute Gasteiger partial charge is 0.349 e. The lowest BCUT2D eigenvalue weighted by Crippen LogP contribution is -2.31. The number of ketones is 1. The fourth-order valence-electron chi connectivity index (χ4n) is 3.83. The molecule has 0 unspecified atom stereocenters. The van der Waals surface area contributed by atoms with Gasteiger partial charge in [0, 0.05) is 28.7 Å². The number of carbonyl (C=O) groups is 2. The van der Waals surface area contributed by atoms with E-state index in [1.165, 1.54) is 18.7 Å². The molecule has 1 aromatic carbocycles. The summed E-state index contributed by atoms with van der Waals surface area (Å²) in [6, 6.07) is 12.5. The lowest BCUT2D eigenvalue weighted by Gasteiger charge is -2.22. The van der Waals surface area contributed by atoms with Crippen molar-refractivity contribution in [3.8, 4) is 0 Å². The van der Waals surface area contributed by atoms with Crippen LogP contribution in [0.1, 0.15) is 47.1 Å². The number of hydrogen-bond donors (Lipinski definition) is 1. The van der Waals surface area contributed by atoms with E-state index in [2.05, 4.69) is 15.3 Å². The Labute approximate surface area is 190 Å². The second-order valence-electron chi connectivity index (χ2n) is 7.71. The number of pyridine rings is 1. The molecule has 164 valence electrons. The monoisotopic (exact) mass is 448 g/mol. The van der Waals surface area contributed by atoms with Crippen LogP contribution in [0.3, 0.4) is 0 Å². The average molecular weight is 449 g/mol. The normalized spacial score (nSPS) is 12.8. The first-order valence-corrected chi connectivity index (χ1v) is 11.6. The molecule has 0 fully saturated rings. The van der Waals surface area contributed by atoms with E-state index < -0.39 is 0 Å². The van der Waals surface area contributed by atoms with Crippen LogP contribution in [0.15, 0.2) is 58.5 Å². The van der Waals surface area contributed by atoms with Crippen LogP contribution >= 0.6 is 11.8 Å². The molecule has 32 heavy (non-hydrogen) atoms. The summed E-state index contributed by atoms with van der Waals surface area (Å²) in [6.45, 7) is 1.88. The van der Waals surface area contributed by atoms with Crippen LogP contribution in [0.2, 0.25) is 0 Å². The third-order valence-corrected chi connectivity index (χ3v) is 6.41. The minimum Gasteiger partial charge on any atom is -0.325 e. The second-order valence-corrected chi connectivity index (χ2v) is 8.68. The fourth-order valence-corrected chi connectivity index (χ4v) is 4.71. The van der Waals surface area contributed by atoms with Crippen LogP contribution in [-0.4, -0.2) is 32.0 Å². The standard InChI is InChI=1S/C24H24N4O3S/c1-16(29)17-7-6-9-18(13-17)26-22(30)15-32-23-20-10-2-3-11-21(20)28(24(31)27-23)14-19-8-4-5-12-25-19/h4-9,12-13H,2-3,10-11,14-15H2,1H3,(H,26,30). The number of hydrogen-bond acceptors (Lipinski definition) is 6. The van der Waals surface area contributed by atoms with E-state index in [1.54, 1.807) is 35.0 Å². The molecule has 1 aliphatic carbocycles. The van der Waals surface area contributed by atoms with Gasteiger partial charge in [0.05, 0.1) is 18.0 Å². The van der Waals surface area contributed by atoms with Gasteiger partial charge in [-0.15, -0.1) is 0 Å². The van der Waals surface area contributed by atoms with E-state index in [4.69, 9.17) is 0 Å². The Bertz CT molecular complexity index is 1210. The highest BCUT2D eigenvalue weighted by Gasteiger charge is 2.21. The molecule has 2 heterocycles. The molecule has 0 saturated heterocycles. The van der Waals surface area contributed by atoms with Crippen molar-refractivity contribution >= 4 is 29.1 Å². The molecular formula is C24H24N4O3S. The molecule has 0 saturated carbocycles. The van der Waals surface area contributed by atoms with E-state index >= 15 is 0 Å². The topological polar surface area (TPSA) is 94.0 Å². The van der Waals surface area contributed by atoms with Gasteiger partial charge in [0.15, 0.2) is 5.78 Å². The highest BCUT2D eigenvalue weighted by molar-refractivity contribution is 8.00. The Morgan fingerprint density at radius 1 is 1.12 bits per heavy atom. The minimum atomic E-state index is -0.312. The second kappa shape index (κ2) is 9.91. The lowest BCUT2D eigenvalue weighted by atomic mass is 9.97. The molecule has 0 spiro atoms. The molecule has 0 aliphatic heterocycles. The van der Waals surface area contributed by atoms with Gasteiger partial charge in [0.2, 0.25) is 5.91 Å². The number of nitrogens with one attached hydrogen (secondary N) is 1. The molecule has 1 N–H and O–H groups in total. The maximum absolute atomic E-state index is 12.8. The van der Waals surface area contributed by atoms with Gasteiger partial charge in [-0.05, 0) is 56.9 Å². The van der Waals surface area contributed by atoms with Crippen LogP contribution in [-0.2, 0) is 24.2 Å². The van der Waals surface area contributed by atoms with Crippen molar-refractivity contribution in [3.63, 3.8) is 0 Å². The van der Waals surface area contributed by atoms with Crippen LogP contribution < -0.4 is 11.0 Å². The number of thioether (sulfide) groups is 1. The summed E-state index contributed by atoms with van der Waals surface area (Å²) in [5.41, 5.74) is 3.68. The Kier molecular flexibility index (Phi) is 6.80. The highest BCUT2D eigenvalue weighted by Crippen LogP contribution is 2.28. The van der Waals surface area contributed by atoms with E-state index in [-0.39, 0.29) is 23.1 Å². The van der Waals surface area contributed by atoms with Crippen molar-refractivity contribution in [3.05, 3.63) is 81.7 Å². The zero-order chi connectivity index (χ0) is 22.5. The molecule has 2 aromatic heterocycles. The first-order valence-electron chi connectivity index (χ1n) is 10.6. The Morgan fingerprint density at radius 2 is 1.97 bits per heavy atom. The van der Waals surface area contributed by atoms with Crippen molar-refractivity contribution in [2.24, 2.45) is 0 Å². The third kappa shape index (κ3) is 5.13. The SMILES string of the molecule is CC(=O)c1cccc(NC(=O)CSc2nc(=O)n(Cc3ccccn3)c3c2CCCC3)c1. The number of benzene rings is 1. The van der Waals surface area contributed by atoms with Gasteiger partial charge < -0.3 is 5.32 Å². The highest BCUT2D eigenvalue weighted by atomic mass is 32.2. The summed E-state index contributed by atoms with van der Waals surface area (Å²) in [6.07, 6.45) is 5.44. The van der Waals surface area contributed by atoms with Gasteiger partial charge in [-0.3, -0.25) is 19.1 Å². The molecule has 1 aliphatic rings. The van der Waals surface area contributed by atoms with Gasteiger partial charge in [-0.1, -0.05) is 30.0 Å². The number of carbonyl (C=O) groups excluding carboxylic acids is 2. The molecule has 4 rings (SSSR count). The van der Waals surface area contributed by atoms with E-state index in [0.717, 1.165) is 42.6 Å². The summed E-state index contributed by atoms with van der Waals surface area (Å²) < 4.78 is 1.72. The number of anilines is 1. The van der Waals surface area contributed by atoms with Crippen LogP contribution in [0, 0.1) is 0 Å². The lowest BCUT2D eigenvalue weighted by molar-refractivity contribution is -0.113. The van der Waals surface area contributed by atoms with Crippen molar-refractivity contribution in [2.45, 2.75) is 44.2 Å². The molecular weight excluding hydrogens is 424 g/mol. The quantitative estimate of drug-likeness (QED) is 0.338. The summed E-state index contributed by atoms with van der Waals surface area (Å²) in [7, 11) is 0. The van der Waals surface area contributed by atoms with E-state index in [1.807, 2.05) is 18.2 Å². The van der Waals surface area contributed by atoms with E-state index in [0.29, 0.717) is 22.8 Å². The number of nitrogens with zero attached hydrogens (tertiary/aromatic N) is 3. The zero-order valence-corrected chi connectivity index (χ0v) is 18.7. The molecule has 0 bridgehead atoms. The minimum absolute atomic E-state index is 0.0578. The Balaban J connectivity index is 1.51. The first kappa shape index (κ1) is 22.0. The van der Waals surface area contributed by atoms with Gasteiger partial charge in [0.1, 0.15) is 5.03 Å². The van der Waals surface area contributed by atoms with Gasteiger partial charge in [-0.2, -0.15) is 4.98 Å². The summed E-state index contributed by atoms with van der Waals surface area (Å²) >= 11 is 1.28. The first-order chi connectivity index (χ1) is 15.5. The van der Waals surface area contributed by atoms with Crippen molar-refractivity contribution in [1.82, 2.24) is 14.5 Å². The Hall–Kier alpha value is -3.26. The maximum Gasteiger partial charge on any atom is 0.349 e. The molecule has 3 aromatic rings. The smallest absolute Gasteiger partial charge is 0.325 e. The van der Waals surface area contributed by atoms with Crippen LogP contribution in [0.25, 0.3) is 0 Å². The molecule has 8 heteroatoms. The number of amides is 1. The third-order valence-electron chi connectivity index (χ3n) is 5.39. The molecule has 0 atom stereocenters. The van der Waals surface area contributed by atoms with Gasteiger partial charge >= 0.3 is 5.69 Å². The number of aromatic nitrogens is 3. The zero-order valence-electron chi connectivity index (χ0n) is 17.8. The van der Waals surface area contributed by atoms with Gasteiger partial charge in [-0.25, -0.2) is 4.79 Å². The Morgan fingerprint density at radius 3 is 2.75 bits per heavy atom. The van der Waals surface area contributed by atoms with Crippen molar-refractivity contribution < 1.29 is 9.59 Å². The fraction of sp³-hybridized carbons (Fsp3) is 0.292. The molecule has 1 amide bonds. The number of rotatable bonds is 7.